The first-order valence-electron chi connectivity index (χ1n) is 4.91. The summed E-state index contributed by atoms with van der Waals surface area (Å²) in [5.74, 6) is -1.05. The molecule has 17 heavy (non-hydrogen) atoms. The Morgan fingerprint density at radius 1 is 1.41 bits per heavy atom. The van der Waals surface area contributed by atoms with E-state index < -0.39 is 19.2 Å². The van der Waals surface area contributed by atoms with Crippen LogP contribution >= 0.6 is 0 Å². The summed E-state index contributed by atoms with van der Waals surface area (Å²) < 4.78 is 5.56. The summed E-state index contributed by atoms with van der Waals surface area (Å²) in [6.45, 7) is 5.71. The van der Waals surface area contributed by atoms with Gasteiger partial charge in [-0.3, -0.25) is 10.1 Å². The Morgan fingerprint density at radius 2 is 2.00 bits per heavy atom. The number of non-ortho nitro benzene ring substituents is 1. The summed E-state index contributed by atoms with van der Waals surface area (Å²) >= 11 is 0. The van der Waals surface area contributed by atoms with Crippen molar-refractivity contribution in [1.29, 1.82) is 0 Å². The van der Waals surface area contributed by atoms with Crippen molar-refractivity contribution in [1.82, 2.24) is 0 Å². The van der Waals surface area contributed by atoms with E-state index in [1.165, 1.54) is 12.1 Å². The van der Waals surface area contributed by atoms with Crippen LogP contribution in [0, 0.1) is 10.1 Å². The van der Waals surface area contributed by atoms with Crippen LogP contribution in [0.25, 0.3) is 0 Å². The van der Waals surface area contributed by atoms with Crippen molar-refractivity contribution >= 4 is 20.0 Å². The van der Waals surface area contributed by atoms with Crippen molar-refractivity contribution in [2.45, 2.75) is 19.6 Å². The Hall–Kier alpha value is -1.89. The van der Waals surface area contributed by atoms with Gasteiger partial charge in [-0.25, -0.2) is 4.79 Å². The van der Waals surface area contributed by atoms with Crippen LogP contribution in [0.1, 0.15) is 10.4 Å². The molecule has 0 unspecified atom stereocenters. The van der Waals surface area contributed by atoms with Crippen LogP contribution in [0.2, 0.25) is 19.6 Å². The van der Waals surface area contributed by atoms with Gasteiger partial charge < -0.3 is 9.53 Å². The second-order valence-electron chi connectivity index (χ2n) is 4.46. The van der Waals surface area contributed by atoms with Gasteiger partial charge >= 0.3 is 5.97 Å². The lowest BCUT2D eigenvalue weighted by Gasteiger charge is -2.20. The Morgan fingerprint density at radius 3 is 2.41 bits per heavy atom. The zero-order valence-corrected chi connectivity index (χ0v) is 10.8. The summed E-state index contributed by atoms with van der Waals surface area (Å²) in [5.41, 5.74) is -0.438. The molecule has 0 aromatic heterocycles. The van der Waals surface area contributed by atoms with Crippen LogP contribution < -0.4 is 4.43 Å². The molecule has 0 fully saturated rings. The molecule has 0 saturated carbocycles. The first-order valence-corrected chi connectivity index (χ1v) is 8.32. The first kappa shape index (κ1) is 13.2. The van der Waals surface area contributed by atoms with Gasteiger partial charge in [0.25, 0.3) is 5.69 Å². The van der Waals surface area contributed by atoms with Crippen LogP contribution in [0.4, 0.5) is 5.69 Å². The molecule has 0 bridgehead atoms. The van der Waals surface area contributed by atoms with Crippen LogP contribution in [-0.4, -0.2) is 24.3 Å². The number of carbonyl (C=O) groups is 1. The van der Waals surface area contributed by atoms with Crippen molar-refractivity contribution in [3.63, 3.8) is 0 Å². The molecular weight excluding hydrogens is 242 g/mol. The van der Waals surface area contributed by atoms with Gasteiger partial charge in [0.15, 0.2) is 0 Å². The lowest BCUT2D eigenvalue weighted by atomic mass is 10.2. The fourth-order valence-corrected chi connectivity index (χ4v) is 2.06. The lowest BCUT2D eigenvalue weighted by molar-refractivity contribution is -0.384. The van der Waals surface area contributed by atoms with E-state index in [4.69, 9.17) is 9.53 Å². The Kier molecular flexibility index (Phi) is 3.52. The predicted molar refractivity (Wildman–Crippen MR) is 64.0 cm³/mol. The van der Waals surface area contributed by atoms with E-state index >= 15 is 0 Å². The number of nitro benzene ring substituents is 1. The van der Waals surface area contributed by atoms with Gasteiger partial charge in [0.1, 0.15) is 11.3 Å². The van der Waals surface area contributed by atoms with Gasteiger partial charge in [0.2, 0.25) is 8.32 Å². The maximum Gasteiger partial charge on any atom is 0.339 e. The molecule has 0 atom stereocenters. The number of carboxylic acids is 1. The number of aromatic carboxylic acids is 1. The molecule has 1 aromatic rings. The molecule has 0 amide bonds. The number of hydrogen-bond donors (Lipinski definition) is 1. The summed E-state index contributed by atoms with van der Waals surface area (Å²) in [6, 6.07) is 3.58. The average Bonchev–Trinajstić information content (AvgIpc) is 2.14. The van der Waals surface area contributed by atoms with Crippen molar-refractivity contribution in [3.05, 3.63) is 33.9 Å². The number of benzene rings is 1. The average molecular weight is 255 g/mol. The molecule has 0 aliphatic rings. The number of carboxylic acid groups (broad SMARTS) is 1. The molecule has 1 aromatic carbocycles. The number of nitro groups is 1. The fraction of sp³-hybridized carbons (Fsp3) is 0.300. The Labute approximate surface area is 99.1 Å². The van der Waals surface area contributed by atoms with Crippen molar-refractivity contribution < 1.29 is 19.3 Å². The quantitative estimate of drug-likeness (QED) is 0.507. The standard InChI is InChI=1S/C10H13NO5Si/c1-17(2,3)16-9-5-4-7(11(14)15)6-8(9)10(12)13/h4-6H,1-3H3,(H,12,13). The smallest absolute Gasteiger partial charge is 0.339 e. The molecule has 0 radical (unpaired) electrons. The summed E-state index contributed by atoms with van der Waals surface area (Å²) in [6.07, 6.45) is 0. The summed E-state index contributed by atoms with van der Waals surface area (Å²) in [7, 11) is -1.95. The normalized spacial score (nSPS) is 11.0. The molecule has 0 aliphatic heterocycles. The maximum absolute atomic E-state index is 11.0. The minimum absolute atomic E-state index is 0.179. The minimum Gasteiger partial charge on any atom is -0.544 e. The largest absolute Gasteiger partial charge is 0.544 e. The summed E-state index contributed by atoms with van der Waals surface area (Å²) in [4.78, 5) is 20.9. The van der Waals surface area contributed by atoms with Crippen LogP contribution in [0.5, 0.6) is 5.75 Å². The highest BCUT2D eigenvalue weighted by molar-refractivity contribution is 6.70. The highest BCUT2D eigenvalue weighted by atomic mass is 28.4. The second-order valence-corrected chi connectivity index (χ2v) is 8.89. The van der Waals surface area contributed by atoms with Crippen LogP contribution in [0.3, 0.4) is 0 Å². The Bertz CT molecular complexity index is 466. The minimum atomic E-state index is -1.95. The molecule has 92 valence electrons. The molecule has 0 saturated heterocycles. The van der Waals surface area contributed by atoms with Crippen LogP contribution in [-0.2, 0) is 0 Å². The van der Waals surface area contributed by atoms with E-state index in [9.17, 15) is 14.9 Å². The lowest BCUT2D eigenvalue weighted by Crippen LogP contribution is -2.30. The number of hydrogen-bond acceptors (Lipinski definition) is 4. The maximum atomic E-state index is 11.0. The van der Waals surface area contributed by atoms with Crippen molar-refractivity contribution in [2.75, 3.05) is 0 Å². The van der Waals surface area contributed by atoms with Crippen molar-refractivity contribution in [3.8, 4) is 5.75 Å². The SMILES string of the molecule is C[Si](C)(C)Oc1ccc([N+](=O)[O-])cc1C(=O)O. The first-order chi connectivity index (χ1) is 7.70. The predicted octanol–water partition coefficient (Wildman–Crippen LogP) is 2.51. The van der Waals surface area contributed by atoms with E-state index in [0.29, 0.717) is 0 Å². The third-order valence-electron chi connectivity index (χ3n) is 1.82. The topological polar surface area (TPSA) is 89.7 Å². The van der Waals surface area contributed by atoms with Crippen molar-refractivity contribution in [2.24, 2.45) is 0 Å². The van der Waals surface area contributed by atoms with Gasteiger partial charge in [-0.2, -0.15) is 0 Å². The van der Waals surface area contributed by atoms with E-state index in [-0.39, 0.29) is 17.0 Å². The van der Waals surface area contributed by atoms with Gasteiger partial charge in [0.05, 0.1) is 4.92 Å². The molecule has 0 heterocycles. The zero-order valence-electron chi connectivity index (χ0n) is 9.76. The third-order valence-corrected chi connectivity index (χ3v) is 2.65. The van der Waals surface area contributed by atoms with Crippen LogP contribution in [0.15, 0.2) is 18.2 Å². The summed E-state index contributed by atoms with van der Waals surface area (Å²) in [5, 5.41) is 19.5. The highest BCUT2D eigenvalue weighted by Crippen LogP contribution is 2.26. The molecular formula is C10H13NO5Si. The van der Waals surface area contributed by atoms with Gasteiger partial charge in [-0.15, -0.1) is 0 Å². The van der Waals surface area contributed by atoms with Gasteiger partial charge in [0, 0.05) is 12.1 Å². The number of rotatable bonds is 4. The van der Waals surface area contributed by atoms with E-state index in [1.54, 1.807) is 0 Å². The molecule has 7 heteroatoms. The molecule has 0 aliphatic carbocycles. The second kappa shape index (κ2) is 4.54. The third kappa shape index (κ3) is 3.56. The molecule has 1 N–H and O–H groups in total. The molecule has 1 rings (SSSR count). The van der Waals surface area contributed by atoms with E-state index in [1.807, 2.05) is 19.6 Å². The molecule has 6 nitrogen and oxygen atoms in total. The number of nitrogens with zero attached hydrogens (tertiary/aromatic N) is 1. The van der Waals surface area contributed by atoms with Gasteiger partial charge in [-0.05, 0) is 25.7 Å². The van der Waals surface area contributed by atoms with E-state index in [0.717, 1.165) is 6.07 Å². The fourth-order valence-electron chi connectivity index (χ4n) is 1.22. The zero-order chi connectivity index (χ0) is 13.2. The molecule has 0 spiro atoms. The monoisotopic (exact) mass is 255 g/mol. The highest BCUT2D eigenvalue weighted by Gasteiger charge is 2.22. The van der Waals surface area contributed by atoms with E-state index in [2.05, 4.69) is 0 Å². The van der Waals surface area contributed by atoms with Gasteiger partial charge in [-0.1, -0.05) is 0 Å². The Balaban J connectivity index is 3.23.